The van der Waals surface area contributed by atoms with E-state index in [-0.39, 0.29) is 0 Å². The quantitative estimate of drug-likeness (QED) is 0.629. The van der Waals surface area contributed by atoms with E-state index in [9.17, 15) is 0 Å². The van der Waals surface area contributed by atoms with Gasteiger partial charge in [0.15, 0.2) is 0 Å². The Bertz CT molecular complexity index is 137. The van der Waals surface area contributed by atoms with Gasteiger partial charge in [0, 0.05) is 26.2 Å². The van der Waals surface area contributed by atoms with Gasteiger partial charge in [-0.25, -0.2) is 0 Å². The summed E-state index contributed by atoms with van der Waals surface area (Å²) in [6, 6.07) is 0.466. The van der Waals surface area contributed by atoms with Crippen LogP contribution in [0.1, 0.15) is 12.8 Å². The van der Waals surface area contributed by atoms with Crippen molar-refractivity contribution in [3.8, 4) is 0 Å². The fourth-order valence-corrected chi connectivity index (χ4v) is 1.62. The highest BCUT2D eigenvalue weighted by Gasteiger charge is 2.23. The number of methoxy groups -OCH3 is 1. The highest BCUT2D eigenvalue weighted by molar-refractivity contribution is 4.78. The molecule has 0 spiro atoms. The molecule has 0 aromatic carbocycles. The van der Waals surface area contributed by atoms with Crippen LogP contribution in [0, 0.1) is 5.92 Å². The van der Waals surface area contributed by atoms with Crippen LogP contribution < -0.4 is 5.32 Å². The molecule has 1 rings (SSSR count). The molecule has 1 atom stereocenters. The number of hydrogen-bond donors (Lipinski definition) is 1. The van der Waals surface area contributed by atoms with Crippen molar-refractivity contribution in [1.29, 1.82) is 0 Å². The number of ether oxygens (including phenoxy) is 1. The average Bonchev–Trinajstić information content (AvgIpc) is 2.87. The summed E-state index contributed by atoms with van der Waals surface area (Å²) in [5.41, 5.74) is 0. The van der Waals surface area contributed by atoms with Crippen molar-refractivity contribution in [2.45, 2.75) is 18.9 Å². The van der Waals surface area contributed by atoms with Crippen LogP contribution >= 0.6 is 0 Å². The molecule has 1 N–H and O–H groups in total. The minimum Gasteiger partial charge on any atom is -0.383 e. The van der Waals surface area contributed by atoms with E-state index in [4.69, 9.17) is 4.74 Å². The Labute approximate surface area is 81.4 Å². The van der Waals surface area contributed by atoms with Crippen LogP contribution in [-0.2, 0) is 4.74 Å². The van der Waals surface area contributed by atoms with Crippen molar-refractivity contribution < 1.29 is 4.74 Å². The summed E-state index contributed by atoms with van der Waals surface area (Å²) in [6.45, 7) is 3.13. The normalized spacial score (nSPS) is 19.4. The van der Waals surface area contributed by atoms with Crippen molar-refractivity contribution in [3.63, 3.8) is 0 Å². The maximum atomic E-state index is 5.13. The van der Waals surface area contributed by atoms with Crippen LogP contribution in [0.5, 0.6) is 0 Å². The SMILES string of the molecule is CNC(COC)CN(C)CC1CC1. The van der Waals surface area contributed by atoms with Gasteiger partial charge < -0.3 is 15.0 Å². The monoisotopic (exact) mass is 186 g/mol. The molecule has 13 heavy (non-hydrogen) atoms. The Kier molecular flexibility index (Phi) is 4.70. The second-order valence-electron chi connectivity index (χ2n) is 4.11. The predicted molar refractivity (Wildman–Crippen MR) is 54.9 cm³/mol. The molecule has 0 saturated heterocycles. The first-order chi connectivity index (χ1) is 6.26. The van der Waals surface area contributed by atoms with Gasteiger partial charge in [-0.15, -0.1) is 0 Å². The van der Waals surface area contributed by atoms with E-state index in [1.165, 1.54) is 19.4 Å². The standard InChI is InChI=1S/C10H22N2O/c1-11-10(8-13-3)7-12(2)6-9-4-5-9/h9-11H,4-8H2,1-3H3. The summed E-state index contributed by atoms with van der Waals surface area (Å²) >= 11 is 0. The Morgan fingerprint density at radius 3 is 2.69 bits per heavy atom. The highest BCUT2D eigenvalue weighted by Crippen LogP contribution is 2.29. The predicted octanol–water partition coefficient (Wildman–Crippen LogP) is 0.563. The van der Waals surface area contributed by atoms with Crippen molar-refractivity contribution in [1.82, 2.24) is 10.2 Å². The summed E-state index contributed by atoms with van der Waals surface area (Å²) in [5.74, 6) is 0.977. The van der Waals surface area contributed by atoms with E-state index in [0.29, 0.717) is 6.04 Å². The molecular weight excluding hydrogens is 164 g/mol. The average molecular weight is 186 g/mol. The van der Waals surface area contributed by atoms with Gasteiger partial charge in [0.1, 0.15) is 0 Å². The molecule has 1 aliphatic rings. The van der Waals surface area contributed by atoms with E-state index in [1.807, 2.05) is 7.05 Å². The number of nitrogens with one attached hydrogen (secondary N) is 1. The lowest BCUT2D eigenvalue weighted by Gasteiger charge is -2.23. The molecule has 1 saturated carbocycles. The van der Waals surface area contributed by atoms with Crippen molar-refractivity contribution in [2.75, 3.05) is 40.9 Å². The molecule has 0 aliphatic heterocycles. The molecular formula is C10H22N2O. The van der Waals surface area contributed by atoms with Gasteiger partial charge in [0.25, 0.3) is 0 Å². The molecule has 0 bridgehead atoms. The van der Waals surface area contributed by atoms with Crippen molar-refractivity contribution in [3.05, 3.63) is 0 Å². The third-order valence-electron chi connectivity index (χ3n) is 2.57. The minimum atomic E-state index is 0.466. The van der Waals surface area contributed by atoms with E-state index in [2.05, 4.69) is 17.3 Å². The molecule has 1 fully saturated rings. The zero-order chi connectivity index (χ0) is 9.68. The molecule has 1 unspecified atom stereocenters. The highest BCUT2D eigenvalue weighted by atomic mass is 16.5. The van der Waals surface area contributed by atoms with E-state index in [0.717, 1.165) is 19.1 Å². The van der Waals surface area contributed by atoms with E-state index in [1.54, 1.807) is 7.11 Å². The molecule has 3 heteroatoms. The third-order valence-corrected chi connectivity index (χ3v) is 2.57. The maximum Gasteiger partial charge on any atom is 0.0628 e. The second kappa shape index (κ2) is 5.58. The fraction of sp³-hybridized carbons (Fsp3) is 1.00. The first-order valence-corrected chi connectivity index (χ1v) is 5.11. The molecule has 0 aromatic rings. The first-order valence-electron chi connectivity index (χ1n) is 5.11. The molecule has 0 radical (unpaired) electrons. The maximum absolute atomic E-state index is 5.13. The van der Waals surface area contributed by atoms with Gasteiger partial charge in [-0.1, -0.05) is 0 Å². The fourth-order valence-electron chi connectivity index (χ4n) is 1.62. The summed E-state index contributed by atoms with van der Waals surface area (Å²) in [7, 11) is 5.94. The van der Waals surface area contributed by atoms with Crippen LogP contribution in [0.25, 0.3) is 0 Å². The van der Waals surface area contributed by atoms with E-state index < -0.39 is 0 Å². The lowest BCUT2D eigenvalue weighted by atomic mass is 10.3. The largest absolute Gasteiger partial charge is 0.383 e. The van der Waals surface area contributed by atoms with Gasteiger partial charge in [-0.2, -0.15) is 0 Å². The minimum absolute atomic E-state index is 0.466. The number of hydrogen-bond acceptors (Lipinski definition) is 3. The van der Waals surface area contributed by atoms with E-state index >= 15 is 0 Å². The third kappa shape index (κ3) is 4.60. The van der Waals surface area contributed by atoms with Crippen molar-refractivity contribution in [2.24, 2.45) is 5.92 Å². The van der Waals surface area contributed by atoms with Gasteiger partial charge >= 0.3 is 0 Å². The Balaban J connectivity index is 2.10. The second-order valence-corrected chi connectivity index (χ2v) is 4.11. The molecule has 0 amide bonds. The van der Waals surface area contributed by atoms with Crippen molar-refractivity contribution >= 4 is 0 Å². The van der Waals surface area contributed by atoms with Gasteiger partial charge in [0.05, 0.1) is 6.61 Å². The molecule has 78 valence electrons. The number of rotatable bonds is 7. The Morgan fingerprint density at radius 1 is 1.54 bits per heavy atom. The number of nitrogens with zero attached hydrogens (tertiary/aromatic N) is 1. The zero-order valence-electron chi connectivity index (χ0n) is 9.05. The van der Waals surface area contributed by atoms with Gasteiger partial charge in [-0.3, -0.25) is 0 Å². The van der Waals surface area contributed by atoms with Crippen LogP contribution in [-0.4, -0.2) is 51.8 Å². The lowest BCUT2D eigenvalue weighted by molar-refractivity contribution is 0.148. The Morgan fingerprint density at radius 2 is 2.23 bits per heavy atom. The lowest BCUT2D eigenvalue weighted by Crippen LogP contribution is -2.41. The Hall–Kier alpha value is -0.120. The van der Waals surface area contributed by atoms with Crippen LogP contribution in [0.15, 0.2) is 0 Å². The summed E-state index contributed by atoms with van der Waals surface area (Å²) in [5, 5.41) is 3.26. The topological polar surface area (TPSA) is 24.5 Å². The number of likely N-dealkylation sites (N-methyl/N-ethyl adjacent to an activating group) is 2. The van der Waals surface area contributed by atoms with Gasteiger partial charge in [-0.05, 0) is 32.9 Å². The smallest absolute Gasteiger partial charge is 0.0628 e. The zero-order valence-corrected chi connectivity index (χ0v) is 9.05. The van der Waals surface area contributed by atoms with Crippen LogP contribution in [0.4, 0.5) is 0 Å². The molecule has 0 aromatic heterocycles. The first kappa shape index (κ1) is 11.0. The summed E-state index contributed by atoms with van der Waals surface area (Å²) < 4.78 is 5.13. The van der Waals surface area contributed by atoms with Crippen LogP contribution in [0.3, 0.4) is 0 Å². The molecule has 1 aliphatic carbocycles. The van der Waals surface area contributed by atoms with Gasteiger partial charge in [0.2, 0.25) is 0 Å². The van der Waals surface area contributed by atoms with Crippen LogP contribution in [0.2, 0.25) is 0 Å². The summed E-state index contributed by atoms with van der Waals surface area (Å²) in [6.07, 6.45) is 2.86. The molecule has 3 nitrogen and oxygen atoms in total. The summed E-state index contributed by atoms with van der Waals surface area (Å²) in [4.78, 5) is 2.40. The molecule has 0 heterocycles.